The number of nitrogens with zero attached hydrogens (tertiary/aromatic N) is 1. The summed E-state index contributed by atoms with van der Waals surface area (Å²) in [4.78, 5) is 15.1. The van der Waals surface area contributed by atoms with Crippen molar-refractivity contribution in [3.8, 4) is 11.5 Å². The average molecular weight is 323 g/mol. The van der Waals surface area contributed by atoms with Gasteiger partial charge in [0, 0.05) is 12.1 Å². The van der Waals surface area contributed by atoms with Crippen LogP contribution < -0.4 is 4.74 Å². The van der Waals surface area contributed by atoms with Crippen molar-refractivity contribution in [1.82, 2.24) is 4.90 Å². The minimum absolute atomic E-state index is 0.0511. The first-order chi connectivity index (χ1) is 11.7. The fraction of sp³-hybridized carbons (Fsp3) is 0.350. The Hall–Kier alpha value is -2.33. The van der Waals surface area contributed by atoms with E-state index in [1.807, 2.05) is 30.3 Å². The van der Waals surface area contributed by atoms with E-state index in [2.05, 4.69) is 4.90 Å². The summed E-state index contributed by atoms with van der Waals surface area (Å²) in [5, 5.41) is 10.3. The van der Waals surface area contributed by atoms with Crippen LogP contribution in [0.25, 0.3) is 0 Å². The zero-order valence-electron chi connectivity index (χ0n) is 13.6. The molecule has 124 valence electrons. The van der Waals surface area contributed by atoms with Crippen molar-refractivity contribution in [2.45, 2.75) is 31.9 Å². The number of ether oxygens (including phenoxy) is 1. The van der Waals surface area contributed by atoms with Crippen molar-refractivity contribution in [3.05, 3.63) is 59.2 Å². The summed E-state index contributed by atoms with van der Waals surface area (Å²) in [6.07, 6.45) is 2.41. The minimum atomic E-state index is -0.254. The van der Waals surface area contributed by atoms with Crippen molar-refractivity contribution in [3.63, 3.8) is 0 Å². The molecule has 0 spiro atoms. The van der Waals surface area contributed by atoms with Gasteiger partial charge in [-0.25, -0.2) is 0 Å². The van der Waals surface area contributed by atoms with Gasteiger partial charge < -0.3 is 9.84 Å². The third kappa shape index (κ3) is 2.78. The van der Waals surface area contributed by atoms with Gasteiger partial charge >= 0.3 is 0 Å². The summed E-state index contributed by atoms with van der Waals surface area (Å²) in [5.74, 6) is 0.832. The van der Waals surface area contributed by atoms with Crippen LogP contribution in [0.4, 0.5) is 0 Å². The topological polar surface area (TPSA) is 49.8 Å². The molecule has 1 atom stereocenters. The molecule has 1 fully saturated rings. The Labute approximate surface area is 141 Å². The lowest BCUT2D eigenvalue weighted by atomic mass is 9.92. The van der Waals surface area contributed by atoms with Crippen LogP contribution in [-0.2, 0) is 6.54 Å². The van der Waals surface area contributed by atoms with Gasteiger partial charge in [0.1, 0.15) is 17.6 Å². The number of ketones is 1. The number of hydrogen-bond donors (Lipinski definition) is 1. The summed E-state index contributed by atoms with van der Waals surface area (Å²) in [6.45, 7) is 2.65. The summed E-state index contributed by atoms with van der Waals surface area (Å²) < 4.78 is 6.10. The molecule has 1 N–H and O–H groups in total. The lowest BCUT2D eigenvalue weighted by Crippen LogP contribution is -2.25. The molecule has 1 saturated heterocycles. The van der Waals surface area contributed by atoms with E-state index in [1.165, 1.54) is 12.8 Å². The normalized spacial score (nSPS) is 20.7. The Morgan fingerprint density at radius 1 is 1.08 bits per heavy atom. The third-order valence-corrected chi connectivity index (χ3v) is 4.92. The van der Waals surface area contributed by atoms with Gasteiger partial charge in [0.15, 0.2) is 5.78 Å². The average Bonchev–Trinajstić information content (AvgIpc) is 3.11. The second-order valence-electron chi connectivity index (χ2n) is 6.56. The number of fused-ring (bicyclic) bond motifs is 1. The van der Waals surface area contributed by atoms with Crippen LogP contribution >= 0.6 is 0 Å². The quantitative estimate of drug-likeness (QED) is 0.936. The standard InChI is InChI=1S/C20H21NO3/c22-16-8-9-18-20(15(16)13-21-10-4-5-11-21)17(23)12-19(24-18)14-6-2-1-3-7-14/h1-3,6-9,19,22H,4-5,10-13H2. The molecule has 0 aromatic heterocycles. The van der Waals surface area contributed by atoms with Crippen LogP contribution in [0.15, 0.2) is 42.5 Å². The van der Waals surface area contributed by atoms with Gasteiger partial charge in [-0.2, -0.15) is 0 Å². The number of rotatable bonds is 3. The zero-order valence-corrected chi connectivity index (χ0v) is 13.6. The molecule has 2 aliphatic rings. The monoisotopic (exact) mass is 323 g/mol. The largest absolute Gasteiger partial charge is 0.508 e. The summed E-state index contributed by atoms with van der Waals surface area (Å²) in [6, 6.07) is 13.2. The molecule has 4 rings (SSSR count). The number of Topliss-reactive ketones (excluding diaryl/α,β-unsaturated/α-hetero) is 1. The van der Waals surface area contributed by atoms with Crippen molar-refractivity contribution >= 4 is 5.78 Å². The molecular formula is C20H21NO3. The SMILES string of the molecule is O=C1CC(c2ccccc2)Oc2ccc(O)c(CN3CCCC3)c21. The smallest absolute Gasteiger partial charge is 0.171 e. The summed E-state index contributed by atoms with van der Waals surface area (Å²) >= 11 is 0. The Morgan fingerprint density at radius 3 is 2.58 bits per heavy atom. The van der Waals surface area contributed by atoms with Gasteiger partial charge in [-0.15, -0.1) is 0 Å². The number of hydrogen-bond acceptors (Lipinski definition) is 4. The van der Waals surface area contributed by atoms with E-state index in [4.69, 9.17) is 4.74 Å². The van der Waals surface area contributed by atoms with Crippen molar-refractivity contribution in [2.75, 3.05) is 13.1 Å². The third-order valence-electron chi connectivity index (χ3n) is 4.92. The number of carbonyl (C=O) groups is 1. The lowest BCUT2D eigenvalue weighted by Gasteiger charge is -2.28. The van der Waals surface area contributed by atoms with Gasteiger partial charge in [-0.3, -0.25) is 9.69 Å². The first-order valence-corrected chi connectivity index (χ1v) is 8.54. The molecule has 0 radical (unpaired) electrons. The molecule has 2 aliphatic heterocycles. The Kier molecular flexibility index (Phi) is 3.98. The van der Waals surface area contributed by atoms with Crippen LogP contribution in [0.1, 0.15) is 46.9 Å². The van der Waals surface area contributed by atoms with Crippen LogP contribution in [-0.4, -0.2) is 28.9 Å². The van der Waals surface area contributed by atoms with Crippen LogP contribution in [0.2, 0.25) is 0 Å². The molecule has 4 nitrogen and oxygen atoms in total. The Balaban J connectivity index is 1.67. The molecule has 4 heteroatoms. The van der Waals surface area contributed by atoms with Gasteiger partial charge in [-0.05, 0) is 43.6 Å². The van der Waals surface area contributed by atoms with Gasteiger partial charge in [0.25, 0.3) is 0 Å². The Morgan fingerprint density at radius 2 is 1.83 bits per heavy atom. The molecule has 0 saturated carbocycles. The predicted octanol–water partition coefficient (Wildman–Crippen LogP) is 3.69. The van der Waals surface area contributed by atoms with Crippen molar-refractivity contribution in [1.29, 1.82) is 0 Å². The highest BCUT2D eigenvalue weighted by molar-refractivity contribution is 6.02. The number of aromatic hydroxyl groups is 1. The number of benzene rings is 2. The van der Waals surface area contributed by atoms with E-state index in [9.17, 15) is 9.90 Å². The first-order valence-electron chi connectivity index (χ1n) is 8.54. The van der Waals surface area contributed by atoms with Gasteiger partial charge in [-0.1, -0.05) is 30.3 Å². The second kappa shape index (κ2) is 6.29. The van der Waals surface area contributed by atoms with Crippen molar-refractivity contribution in [2.24, 2.45) is 0 Å². The molecule has 0 bridgehead atoms. The number of phenolic OH excluding ortho intramolecular Hbond substituents is 1. The van der Waals surface area contributed by atoms with E-state index >= 15 is 0 Å². The number of phenols is 1. The molecule has 2 aromatic rings. The highest BCUT2D eigenvalue weighted by Crippen LogP contribution is 2.40. The summed E-state index contributed by atoms with van der Waals surface area (Å²) in [7, 11) is 0. The van der Waals surface area contributed by atoms with Crippen LogP contribution in [0.3, 0.4) is 0 Å². The predicted molar refractivity (Wildman–Crippen MR) is 91.4 cm³/mol. The molecule has 24 heavy (non-hydrogen) atoms. The van der Waals surface area contributed by atoms with Gasteiger partial charge in [0.2, 0.25) is 0 Å². The fourth-order valence-electron chi connectivity index (χ4n) is 3.66. The second-order valence-corrected chi connectivity index (χ2v) is 6.56. The van der Waals surface area contributed by atoms with Crippen LogP contribution in [0, 0.1) is 0 Å². The van der Waals surface area contributed by atoms with Gasteiger partial charge in [0.05, 0.1) is 12.0 Å². The maximum absolute atomic E-state index is 12.8. The highest BCUT2D eigenvalue weighted by Gasteiger charge is 2.31. The molecule has 0 aliphatic carbocycles. The molecular weight excluding hydrogens is 302 g/mol. The van der Waals surface area contributed by atoms with E-state index < -0.39 is 0 Å². The minimum Gasteiger partial charge on any atom is -0.508 e. The first kappa shape index (κ1) is 15.2. The number of likely N-dealkylation sites (tertiary alicyclic amines) is 1. The summed E-state index contributed by atoms with van der Waals surface area (Å²) in [5.41, 5.74) is 2.28. The zero-order chi connectivity index (χ0) is 16.5. The van der Waals surface area contributed by atoms with Crippen LogP contribution in [0.5, 0.6) is 11.5 Å². The highest BCUT2D eigenvalue weighted by atomic mass is 16.5. The Bertz CT molecular complexity index is 751. The fourth-order valence-corrected chi connectivity index (χ4v) is 3.66. The van der Waals surface area contributed by atoms with E-state index in [-0.39, 0.29) is 17.6 Å². The molecule has 2 aromatic carbocycles. The number of carbonyl (C=O) groups excluding carboxylic acids is 1. The molecule has 1 unspecified atom stereocenters. The van der Waals surface area contributed by atoms with E-state index in [0.29, 0.717) is 29.8 Å². The molecule has 0 amide bonds. The van der Waals surface area contributed by atoms with E-state index in [1.54, 1.807) is 12.1 Å². The lowest BCUT2D eigenvalue weighted by molar-refractivity contribution is 0.0845. The maximum atomic E-state index is 12.8. The van der Waals surface area contributed by atoms with E-state index in [0.717, 1.165) is 18.7 Å². The maximum Gasteiger partial charge on any atom is 0.171 e. The molecule has 2 heterocycles. The van der Waals surface area contributed by atoms with Crippen molar-refractivity contribution < 1.29 is 14.6 Å².